The van der Waals surface area contributed by atoms with E-state index in [0.29, 0.717) is 6.54 Å². The SMILES string of the molecule is CC.CCC1=C(C2CC2)c2nc(C)cc(NCc3ccco3)c2[B]1. The molecule has 2 aromatic heterocycles. The van der Waals surface area contributed by atoms with Gasteiger partial charge in [0.1, 0.15) is 5.76 Å². The van der Waals surface area contributed by atoms with E-state index in [1.54, 1.807) is 6.26 Å². The van der Waals surface area contributed by atoms with Crippen LogP contribution in [0.1, 0.15) is 57.2 Å². The second-order valence-corrected chi connectivity index (χ2v) is 6.22. The standard InChI is InChI=1S/C18H20BN2O.C2H6/c1-3-14-16(12-6-7-12)18-17(19-14)15(9-11(2)21-18)20-10-13-5-4-8-22-13;1-2/h4-5,8-9,12H,3,6-7,10H2,1-2H3,(H,20,21);1-2H3. The van der Waals surface area contributed by atoms with E-state index in [2.05, 4.69) is 32.5 Å². The van der Waals surface area contributed by atoms with Crippen molar-refractivity contribution in [3.05, 3.63) is 47.1 Å². The van der Waals surface area contributed by atoms with Gasteiger partial charge >= 0.3 is 0 Å². The Bertz CT molecular complexity index is 730. The number of hydrogen-bond donors (Lipinski definition) is 1. The molecule has 1 fully saturated rings. The van der Waals surface area contributed by atoms with Gasteiger partial charge in [-0.1, -0.05) is 26.2 Å². The third-order valence-corrected chi connectivity index (χ3v) is 4.51. The summed E-state index contributed by atoms with van der Waals surface area (Å²) in [5.74, 6) is 1.69. The van der Waals surface area contributed by atoms with Gasteiger partial charge in [0.05, 0.1) is 18.5 Å². The number of aromatic nitrogens is 1. The molecule has 0 unspecified atom stereocenters. The molecule has 2 aromatic rings. The zero-order valence-electron chi connectivity index (χ0n) is 15.1. The molecule has 1 aliphatic heterocycles. The molecule has 0 atom stereocenters. The Morgan fingerprint density at radius 3 is 2.75 bits per heavy atom. The van der Waals surface area contributed by atoms with Crippen molar-refractivity contribution in [1.29, 1.82) is 0 Å². The Labute approximate surface area is 145 Å². The summed E-state index contributed by atoms with van der Waals surface area (Å²) in [6.07, 6.45) is 5.43. The summed E-state index contributed by atoms with van der Waals surface area (Å²) in [6.45, 7) is 9.02. The van der Waals surface area contributed by atoms with Gasteiger partial charge in [-0.15, -0.1) is 0 Å². The molecule has 0 amide bonds. The number of fused-ring (bicyclic) bond motifs is 1. The summed E-state index contributed by atoms with van der Waals surface area (Å²) < 4.78 is 5.42. The van der Waals surface area contributed by atoms with Crippen LogP contribution in [0.25, 0.3) is 5.57 Å². The minimum Gasteiger partial charge on any atom is -0.467 e. The Morgan fingerprint density at radius 1 is 1.33 bits per heavy atom. The molecule has 4 rings (SSSR count). The van der Waals surface area contributed by atoms with E-state index in [1.807, 2.05) is 26.0 Å². The van der Waals surface area contributed by atoms with E-state index < -0.39 is 0 Å². The fourth-order valence-electron chi connectivity index (χ4n) is 3.30. The van der Waals surface area contributed by atoms with Crippen molar-refractivity contribution in [3.8, 4) is 0 Å². The van der Waals surface area contributed by atoms with Crippen LogP contribution in [-0.4, -0.2) is 12.3 Å². The molecule has 2 aliphatic rings. The maximum absolute atomic E-state index is 5.42. The second kappa shape index (κ2) is 7.29. The number of anilines is 1. The summed E-state index contributed by atoms with van der Waals surface area (Å²) in [5, 5.41) is 3.52. The Hall–Kier alpha value is -1.97. The van der Waals surface area contributed by atoms with Gasteiger partial charge in [0, 0.05) is 11.4 Å². The van der Waals surface area contributed by atoms with Crippen LogP contribution in [0.5, 0.6) is 0 Å². The molecule has 3 heterocycles. The van der Waals surface area contributed by atoms with Crippen LogP contribution in [0.15, 0.2) is 34.4 Å². The third-order valence-electron chi connectivity index (χ3n) is 4.51. The second-order valence-electron chi connectivity index (χ2n) is 6.22. The number of nitrogens with one attached hydrogen (secondary N) is 1. The lowest BCUT2D eigenvalue weighted by Crippen LogP contribution is -2.21. The summed E-state index contributed by atoms with van der Waals surface area (Å²) >= 11 is 0. The first-order chi connectivity index (χ1) is 11.8. The van der Waals surface area contributed by atoms with E-state index in [0.717, 1.165) is 23.8 Å². The van der Waals surface area contributed by atoms with Crippen molar-refractivity contribution < 1.29 is 4.42 Å². The van der Waals surface area contributed by atoms with E-state index in [4.69, 9.17) is 9.40 Å². The monoisotopic (exact) mass is 321 g/mol. The predicted molar refractivity (Wildman–Crippen MR) is 102 cm³/mol. The van der Waals surface area contributed by atoms with Crippen molar-refractivity contribution >= 4 is 24.0 Å². The number of aryl methyl sites for hydroxylation is 1. The maximum Gasteiger partial charge on any atom is 0.192 e. The Morgan fingerprint density at radius 2 is 2.12 bits per heavy atom. The van der Waals surface area contributed by atoms with Gasteiger partial charge < -0.3 is 9.73 Å². The van der Waals surface area contributed by atoms with Crippen molar-refractivity contribution in [2.24, 2.45) is 5.92 Å². The summed E-state index contributed by atoms with van der Waals surface area (Å²) in [4.78, 5) is 4.85. The Kier molecular flexibility index (Phi) is 5.13. The first-order valence-corrected chi connectivity index (χ1v) is 9.12. The fourth-order valence-corrected chi connectivity index (χ4v) is 3.30. The molecule has 0 saturated heterocycles. The van der Waals surface area contributed by atoms with E-state index in [1.165, 1.54) is 40.7 Å². The largest absolute Gasteiger partial charge is 0.467 e. The molecule has 0 bridgehead atoms. The molecular formula is C20H26BN2O. The van der Waals surface area contributed by atoms with Gasteiger partial charge in [0.25, 0.3) is 0 Å². The van der Waals surface area contributed by atoms with Crippen LogP contribution in [0.4, 0.5) is 5.69 Å². The Balaban J connectivity index is 0.000000815. The van der Waals surface area contributed by atoms with Crippen LogP contribution in [0.3, 0.4) is 0 Å². The molecule has 0 aromatic carbocycles. The summed E-state index contributed by atoms with van der Waals surface area (Å²) in [5.41, 5.74) is 7.68. The molecule has 1 N–H and O–H groups in total. The van der Waals surface area contributed by atoms with Crippen LogP contribution in [0.2, 0.25) is 0 Å². The highest BCUT2D eigenvalue weighted by Gasteiger charge is 2.35. The van der Waals surface area contributed by atoms with E-state index >= 15 is 0 Å². The molecular weight excluding hydrogens is 295 g/mol. The minimum atomic E-state index is 0.705. The smallest absolute Gasteiger partial charge is 0.192 e. The van der Waals surface area contributed by atoms with Crippen LogP contribution in [-0.2, 0) is 6.54 Å². The highest BCUT2D eigenvalue weighted by Crippen LogP contribution is 2.45. The maximum atomic E-state index is 5.42. The zero-order chi connectivity index (χ0) is 17.1. The molecule has 3 nitrogen and oxygen atoms in total. The predicted octanol–water partition coefficient (Wildman–Crippen LogP) is 4.50. The molecule has 125 valence electrons. The number of pyridine rings is 1. The van der Waals surface area contributed by atoms with Gasteiger partial charge in [0.2, 0.25) is 0 Å². The van der Waals surface area contributed by atoms with Gasteiger partial charge in [0.15, 0.2) is 7.28 Å². The highest BCUT2D eigenvalue weighted by atomic mass is 16.3. The van der Waals surface area contributed by atoms with Crippen molar-refractivity contribution in [2.75, 3.05) is 5.32 Å². The first kappa shape index (κ1) is 16.9. The first-order valence-electron chi connectivity index (χ1n) is 9.12. The van der Waals surface area contributed by atoms with Crippen LogP contribution in [0, 0.1) is 12.8 Å². The van der Waals surface area contributed by atoms with Crippen molar-refractivity contribution in [1.82, 2.24) is 4.98 Å². The molecule has 1 aliphatic carbocycles. The normalized spacial score (nSPS) is 15.5. The number of allylic oxidation sites excluding steroid dienone is 2. The van der Waals surface area contributed by atoms with Crippen molar-refractivity contribution in [3.63, 3.8) is 0 Å². The fraction of sp³-hybridized carbons (Fsp3) is 0.450. The third kappa shape index (κ3) is 3.28. The average molecular weight is 321 g/mol. The lowest BCUT2D eigenvalue weighted by molar-refractivity contribution is 0.518. The molecule has 1 radical (unpaired) electrons. The molecule has 24 heavy (non-hydrogen) atoms. The van der Waals surface area contributed by atoms with Gasteiger partial charge in [-0.05, 0) is 61.3 Å². The highest BCUT2D eigenvalue weighted by molar-refractivity contribution is 6.67. The summed E-state index contributed by atoms with van der Waals surface area (Å²) in [6, 6.07) is 6.06. The van der Waals surface area contributed by atoms with Gasteiger partial charge in [-0.3, -0.25) is 4.98 Å². The van der Waals surface area contributed by atoms with Crippen LogP contribution < -0.4 is 10.8 Å². The molecule has 1 saturated carbocycles. The van der Waals surface area contributed by atoms with E-state index in [-0.39, 0.29) is 0 Å². The molecule has 0 spiro atoms. The quantitative estimate of drug-likeness (QED) is 0.824. The number of hydrogen-bond acceptors (Lipinski definition) is 3. The number of rotatable bonds is 5. The zero-order valence-corrected chi connectivity index (χ0v) is 15.1. The van der Waals surface area contributed by atoms with Crippen molar-refractivity contribution in [2.45, 2.75) is 53.5 Å². The van der Waals surface area contributed by atoms with Crippen LogP contribution >= 0.6 is 0 Å². The number of furan rings is 1. The topological polar surface area (TPSA) is 38.1 Å². The lowest BCUT2D eigenvalue weighted by Gasteiger charge is -2.13. The lowest BCUT2D eigenvalue weighted by atomic mass is 9.65. The van der Waals surface area contributed by atoms with Gasteiger partial charge in [-0.2, -0.15) is 0 Å². The minimum absolute atomic E-state index is 0.705. The molecule has 4 heteroatoms. The average Bonchev–Trinajstić information content (AvgIpc) is 3.17. The van der Waals surface area contributed by atoms with Gasteiger partial charge in [-0.25, -0.2) is 0 Å². The number of nitrogens with zero attached hydrogens (tertiary/aromatic N) is 1. The summed E-state index contributed by atoms with van der Waals surface area (Å²) in [7, 11) is 2.33. The van der Waals surface area contributed by atoms with E-state index in [9.17, 15) is 0 Å².